The van der Waals surface area contributed by atoms with Crippen molar-refractivity contribution in [2.24, 2.45) is 11.8 Å². The van der Waals surface area contributed by atoms with Crippen LogP contribution in [0.1, 0.15) is 62.9 Å². The molecule has 0 spiro atoms. The van der Waals surface area contributed by atoms with Crippen LogP contribution >= 0.6 is 11.3 Å². The highest BCUT2D eigenvalue weighted by atomic mass is 32.1. The summed E-state index contributed by atoms with van der Waals surface area (Å²) in [5.41, 5.74) is 1.08. The molecule has 35 heavy (non-hydrogen) atoms. The molecule has 3 aromatic rings. The lowest BCUT2D eigenvalue weighted by Crippen LogP contribution is -2.46. The molecule has 9 nitrogen and oxygen atoms in total. The number of nitrogens with one attached hydrogen (secondary N) is 1. The molecule has 0 atom stereocenters. The van der Waals surface area contributed by atoms with Crippen LogP contribution in [-0.2, 0) is 4.79 Å². The lowest BCUT2D eigenvalue weighted by Gasteiger charge is -2.36. The molecule has 1 aliphatic heterocycles. The van der Waals surface area contributed by atoms with Crippen molar-refractivity contribution in [2.75, 3.05) is 19.7 Å². The maximum Gasteiger partial charge on any atom is 0.272 e. The first-order valence-corrected chi connectivity index (χ1v) is 13.4. The standard InChI is InChI=1S/C25H32N6O3S/c1-3-17(4-2)15-34-21-13-20(28-22(29-21)19-14-27-31-11-12-35-24(19)31)23(33)30-9-5-18(6-10-30)25(7-8-25)26-16-32/h11-14,16-18H,3-10,15H2,1-2H3,(H,26,32). The first kappa shape index (κ1) is 23.7. The molecule has 1 saturated carbocycles. The van der Waals surface area contributed by atoms with E-state index in [9.17, 15) is 9.59 Å². The Morgan fingerprint density at radius 2 is 2.06 bits per heavy atom. The number of carbonyl (C=O) groups is 2. The minimum Gasteiger partial charge on any atom is -0.477 e. The highest BCUT2D eigenvalue weighted by Gasteiger charge is 2.49. The number of piperidine rings is 1. The molecule has 2 fully saturated rings. The smallest absolute Gasteiger partial charge is 0.272 e. The van der Waals surface area contributed by atoms with Crippen LogP contribution in [0.5, 0.6) is 5.88 Å². The number of rotatable bonds is 10. The molecule has 0 bridgehead atoms. The summed E-state index contributed by atoms with van der Waals surface area (Å²) in [5, 5.41) is 9.37. The van der Waals surface area contributed by atoms with Gasteiger partial charge in [-0.05, 0) is 37.5 Å². The monoisotopic (exact) mass is 496 g/mol. The number of aromatic nitrogens is 4. The quantitative estimate of drug-likeness (QED) is 0.429. The Hall–Kier alpha value is -3.01. The van der Waals surface area contributed by atoms with Crippen LogP contribution in [0.2, 0.25) is 0 Å². The van der Waals surface area contributed by atoms with Gasteiger partial charge < -0.3 is 15.0 Å². The molecule has 3 aromatic heterocycles. The number of thiazole rings is 1. The van der Waals surface area contributed by atoms with E-state index in [0.29, 0.717) is 48.9 Å². The van der Waals surface area contributed by atoms with Crippen molar-refractivity contribution < 1.29 is 14.3 Å². The average molecular weight is 497 g/mol. The van der Waals surface area contributed by atoms with E-state index < -0.39 is 0 Å². The third kappa shape index (κ3) is 4.76. The number of amides is 2. The molecule has 0 unspecified atom stereocenters. The van der Waals surface area contributed by atoms with Crippen LogP contribution in [0.25, 0.3) is 16.2 Å². The minimum absolute atomic E-state index is 0.0520. The second-order valence-electron chi connectivity index (χ2n) is 9.60. The highest BCUT2D eigenvalue weighted by Crippen LogP contribution is 2.46. The average Bonchev–Trinajstić information content (AvgIpc) is 3.33. The number of nitrogens with zero attached hydrogens (tertiary/aromatic N) is 5. The van der Waals surface area contributed by atoms with Gasteiger partial charge in [-0.2, -0.15) is 10.1 Å². The maximum absolute atomic E-state index is 13.5. The van der Waals surface area contributed by atoms with Gasteiger partial charge in [0.25, 0.3) is 5.91 Å². The van der Waals surface area contributed by atoms with Gasteiger partial charge in [-0.1, -0.05) is 26.7 Å². The zero-order chi connectivity index (χ0) is 24.4. The summed E-state index contributed by atoms with van der Waals surface area (Å²) in [7, 11) is 0. The summed E-state index contributed by atoms with van der Waals surface area (Å²) in [4.78, 5) is 36.7. The lowest BCUT2D eigenvalue weighted by atomic mass is 9.87. The molecule has 1 N–H and O–H groups in total. The summed E-state index contributed by atoms with van der Waals surface area (Å²) in [6, 6.07) is 1.67. The molecule has 5 rings (SSSR count). The normalized spacial score (nSPS) is 17.6. The summed E-state index contributed by atoms with van der Waals surface area (Å²) in [6.07, 6.45) is 10.3. The van der Waals surface area contributed by atoms with Crippen LogP contribution in [0.3, 0.4) is 0 Å². The number of hydrogen-bond donors (Lipinski definition) is 1. The van der Waals surface area contributed by atoms with E-state index in [2.05, 4.69) is 34.2 Å². The van der Waals surface area contributed by atoms with Crippen molar-refractivity contribution in [2.45, 2.75) is 57.9 Å². The highest BCUT2D eigenvalue weighted by molar-refractivity contribution is 7.16. The molecule has 186 valence electrons. The number of carbonyl (C=O) groups excluding carboxylic acids is 2. The molecule has 1 aliphatic carbocycles. The molecular weight excluding hydrogens is 464 g/mol. The Balaban J connectivity index is 1.38. The molecular formula is C25H32N6O3S. The SMILES string of the molecule is CCC(CC)COc1cc(C(=O)N2CCC(C3(NC=O)CC3)CC2)nc(-c2cnn3ccsc23)n1. The van der Waals surface area contributed by atoms with E-state index in [1.165, 1.54) is 0 Å². The molecule has 2 aliphatic rings. The first-order valence-electron chi connectivity index (χ1n) is 12.5. The molecule has 0 aromatic carbocycles. The van der Waals surface area contributed by atoms with Crippen LogP contribution < -0.4 is 10.1 Å². The molecule has 1 saturated heterocycles. The minimum atomic E-state index is -0.109. The Morgan fingerprint density at radius 1 is 1.29 bits per heavy atom. The van der Waals surface area contributed by atoms with Crippen molar-refractivity contribution in [3.63, 3.8) is 0 Å². The fourth-order valence-electron chi connectivity index (χ4n) is 5.06. The molecule has 4 heterocycles. The Labute approximate surface area is 208 Å². The van der Waals surface area contributed by atoms with Crippen LogP contribution in [0.15, 0.2) is 23.8 Å². The summed E-state index contributed by atoms with van der Waals surface area (Å²) in [6.45, 7) is 6.16. The van der Waals surface area contributed by atoms with E-state index in [-0.39, 0.29) is 11.4 Å². The van der Waals surface area contributed by atoms with E-state index >= 15 is 0 Å². The zero-order valence-electron chi connectivity index (χ0n) is 20.3. The Bertz CT molecular complexity index is 1190. The summed E-state index contributed by atoms with van der Waals surface area (Å²) >= 11 is 1.56. The van der Waals surface area contributed by atoms with Crippen molar-refractivity contribution in [1.82, 2.24) is 29.8 Å². The third-order valence-electron chi connectivity index (χ3n) is 7.61. The van der Waals surface area contributed by atoms with Gasteiger partial charge in [-0.3, -0.25) is 9.59 Å². The molecule has 0 radical (unpaired) electrons. The van der Waals surface area contributed by atoms with Gasteiger partial charge in [0.2, 0.25) is 12.3 Å². The second-order valence-corrected chi connectivity index (χ2v) is 10.5. The molecule has 2 amide bonds. The van der Waals surface area contributed by atoms with Crippen LogP contribution in [0.4, 0.5) is 0 Å². The van der Waals surface area contributed by atoms with E-state index in [0.717, 1.165) is 55.3 Å². The van der Waals surface area contributed by atoms with Crippen LogP contribution in [-0.4, -0.2) is 62.0 Å². The van der Waals surface area contributed by atoms with E-state index in [1.54, 1.807) is 28.1 Å². The van der Waals surface area contributed by atoms with Gasteiger partial charge in [0.1, 0.15) is 10.5 Å². The van der Waals surface area contributed by atoms with Gasteiger partial charge in [-0.15, -0.1) is 11.3 Å². The second kappa shape index (κ2) is 9.93. The number of likely N-dealkylation sites (tertiary alicyclic amines) is 1. The van der Waals surface area contributed by atoms with Gasteiger partial charge in [0.15, 0.2) is 5.82 Å². The number of ether oxygens (including phenoxy) is 1. The van der Waals surface area contributed by atoms with Gasteiger partial charge in [0, 0.05) is 36.3 Å². The van der Waals surface area contributed by atoms with Crippen molar-refractivity contribution >= 4 is 28.5 Å². The third-order valence-corrected chi connectivity index (χ3v) is 8.50. The maximum atomic E-state index is 13.5. The van der Waals surface area contributed by atoms with E-state index in [4.69, 9.17) is 4.74 Å². The summed E-state index contributed by atoms with van der Waals surface area (Å²) in [5.74, 6) is 1.61. The predicted molar refractivity (Wildman–Crippen MR) is 133 cm³/mol. The van der Waals surface area contributed by atoms with E-state index in [1.807, 2.05) is 16.5 Å². The van der Waals surface area contributed by atoms with Crippen molar-refractivity contribution in [1.29, 1.82) is 0 Å². The Morgan fingerprint density at radius 3 is 2.74 bits per heavy atom. The molecule has 10 heteroatoms. The topological polar surface area (TPSA) is 102 Å². The summed E-state index contributed by atoms with van der Waals surface area (Å²) < 4.78 is 7.86. The predicted octanol–water partition coefficient (Wildman–Crippen LogP) is 3.80. The Kier molecular flexibility index (Phi) is 6.73. The number of fused-ring (bicyclic) bond motifs is 1. The van der Waals surface area contributed by atoms with Gasteiger partial charge in [0.05, 0.1) is 18.4 Å². The van der Waals surface area contributed by atoms with Crippen LogP contribution in [0, 0.1) is 11.8 Å². The van der Waals surface area contributed by atoms with Gasteiger partial charge >= 0.3 is 0 Å². The first-order chi connectivity index (χ1) is 17.1. The number of hydrogen-bond acceptors (Lipinski definition) is 7. The largest absolute Gasteiger partial charge is 0.477 e. The fraction of sp³-hybridized carbons (Fsp3) is 0.560. The van der Waals surface area contributed by atoms with Crippen molar-refractivity contribution in [3.8, 4) is 17.3 Å². The lowest BCUT2D eigenvalue weighted by molar-refractivity contribution is -0.110. The zero-order valence-corrected chi connectivity index (χ0v) is 21.1. The van der Waals surface area contributed by atoms with Gasteiger partial charge in [-0.25, -0.2) is 9.50 Å². The fourth-order valence-corrected chi connectivity index (χ4v) is 5.85. The van der Waals surface area contributed by atoms with Crippen molar-refractivity contribution in [3.05, 3.63) is 29.5 Å².